The molecule has 0 aliphatic rings. The average Bonchev–Trinajstić information content (AvgIpc) is 3.25. The molecule has 0 radical (unpaired) electrons. The Morgan fingerprint density at radius 2 is 1.85 bits per heavy atom. The first-order valence-electron chi connectivity index (χ1n) is 7.34. The van der Waals surface area contributed by atoms with E-state index in [9.17, 15) is 22.8 Å². The number of benzene rings is 1. The van der Waals surface area contributed by atoms with Crippen LogP contribution in [0, 0.1) is 0 Å². The Morgan fingerprint density at radius 1 is 1.08 bits per heavy atom. The third-order valence-corrected chi connectivity index (χ3v) is 5.42. The van der Waals surface area contributed by atoms with Crippen LogP contribution >= 0.6 is 22.7 Å². The number of alkyl halides is 3. The zero-order valence-corrected chi connectivity index (χ0v) is 14.7. The predicted octanol–water partition coefficient (Wildman–Crippen LogP) is 4.88. The number of amides is 1. The van der Waals surface area contributed by atoms with Crippen LogP contribution in [0.1, 0.15) is 25.8 Å². The number of ketones is 1. The zero-order chi connectivity index (χ0) is 18.7. The number of fused-ring (bicyclic) bond motifs is 1. The highest BCUT2D eigenvalue weighted by Gasteiger charge is 2.37. The van der Waals surface area contributed by atoms with Crippen molar-refractivity contribution in [3.63, 3.8) is 0 Å². The molecular weight excluding hydrogens is 385 g/mol. The van der Waals surface area contributed by atoms with E-state index in [4.69, 9.17) is 0 Å². The molecule has 2 aromatic heterocycles. The van der Waals surface area contributed by atoms with Crippen LogP contribution in [0.15, 0.2) is 52.9 Å². The highest BCUT2D eigenvalue weighted by atomic mass is 32.1. The Kier molecular flexibility index (Phi) is 5.19. The van der Waals surface area contributed by atoms with Crippen molar-refractivity contribution in [2.24, 2.45) is 5.10 Å². The van der Waals surface area contributed by atoms with Crippen molar-refractivity contribution in [3.8, 4) is 0 Å². The van der Waals surface area contributed by atoms with E-state index in [2.05, 4.69) is 5.10 Å². The molecule has 0 saturated carbocycles. The van der Waals surface area contributed by atoms with Gasteiger partial charge in [-0.2, -0.15) is 18.3 Å². The molecule has 1 N–H and O–H groups in total. The summed E-state index contributed by atoms with van der Waals surface area (Å²) < 4.78 is 40.2. The van der Waals surface area contributed by atoms with Crippen LogP contribution in [0.4, 0.5) is 13.2 Å². The summed E-state index contributed by atoms with van der Waals surface area (Å²) >= 11 is 2.20. The summed E-state index contributed by atoms with van der Waals surface area (Å²) in [4.78, 5) is 24.5. The number of nitrogens with one attached hydrogen (secondary N) is 1. The van der Waals surface area contributed by atoms with Crippen LogP contribution in [0.3, 0.4) is 0 Å². The topological polar surface area (TPSA) is 58.5 Å². The van der Waals surface area contributed by atoms with Gasteiger partial charge in [0, 0.05) is 4.70 Å². The van der Waals surface area contributed by atoms with Crippen LogP contribution in [0.2, 0.25) is 0 Å². The number of carbonyl (C=O) groups excluding carboxylic acids is 2. The van der Waals surface area contributed by atoms with Crippen LogP contribution in [-0.2, 0) is 0 Å². The Labute approximate surface area is 154 Å². The fraction of sp³-hybridized carbons (Fsp3) is 0.118. The van der Waals surface area contributed by atoms with Gasteiger partial charge in [0.25, 0.3) is 5.91 Å². The first-order valence-corrected chi connectivity index (χ1v) is 9.03. The summed E-state index contributed by atoms with van der Waals surface area (Å²) in [6.45, 7) is 0. The van der Waals surface area contributed by atoms with Crippen molar-refractivity contribution in [1.82, 2.24) is 5.43 Å². The molecule has 3 rings (SSSR count). The van der Waals surface area contributed by atoms with E-state index in [1.807, 2.05) is 5.43 Å². The van der Waals surface area contributed by atoms with E-state index in [-0.39, 0.29) is 9.75 Å². The summed E-state index contributed by atoms with van der Waals surface area (Å²) in [6.07, 6.45) is -5.75. The number of Topliss-reactive ketones (excluding diaryl/α,β-unsaturated/α-hetero) is 1. The molecule has 0 spiro atoms. The number of hydrogen-bond acceptors (Lipinski definition) is 5. The molecule has 0 unspecified atom stereocenters. The van der Waals surface area contributed by atoms with Crippen LogP contribution < -0.4 is 5.43 Å². The molecule has 9 heteroatoms. The smallest absolute Gasteiger partial charge is 0.293 e. The maximum absolute atomic E-state index is 13.1. The van der Waals surface area contributed by atoms with Crippen molar-refractivity contribution >= 4 is 50.2 Å². The Balaban J connectivity index is 1.77. The Morgan fingerprint density at radius 3 is 2.50 bits per heavy atom. The lowest BCUT2D eigenvalue weighted by Gasteiger charge is -2.09. The van der Waals surface area contributed by atoms with Crippen LogP contribution in [-0.4, -0.2) is 23.6 Å². The molecule has 4 nitrogen and oxygen atoms in total. The second kappa shape index (κ2) is 7.38. The molecule has 0 bridgehead atoms. The maximum atomic E-state index is 13.1. The predicted molar refractivity (Wildman–Crippen MR) is 96.0 cm³/mol. The van der Waals surface area contributed by atoms with E-state index >= 15 is 0 Å². The minimum Gasteiger partial charge on any atom is -0.293 e. The maximum Gasteiger partial charge on any atom is 0.431 e. The monoisotopic (exact) mass is 396 g/mol. The lowest BCUT2D eigenvalue weighted by Crippen LogP contribution is -2.30. The lowest BCUT2D eigenvalue weighted by molar-refractivity contribution is -0.0605. The van der Waals surface area contributed by atoms with E-state index in [1.54, 1.807) is 41.8 Å². The highest BCUT2D eigenvalue weighted by Crippen LogP contribution is 2.25. The number of carbonyl (C=O) groups is 2. The second-order valence-corrected chi connectivity index (χ2v) is 7.25. The molecular formula is C17H11F3N2O2S2. The molecule has 0 fully saturated rings. The molecule has 3 aromatic rings. The van der Waals surface area contributed by atoms with Gasteiger partial charge in [0.1, 0.15) is 5.71 Å². The fourth-order valence-corrected chi connectivity index (χ4v) is 3.76. The van der Waals surface area contributed by atoms with E-state index in [0.717, 1.165) is 32.8 Å². The fourth-order valence-electron chi connectivity index (χ4n) is 2.15. The third-order valence-electron chi connectivity index (χ3n) is 3.39. The number of thiophene rings is 2. The Hall–Kier alpha value is -2.52. The molecule has 26 heavy (non-hydrogen) atoms. The number of hydrogen-bond donors (Lipinski definition) is 1. The second-order valence-electron chi connectivity index (χ2n) is 5.22. The molecule has 0 atom stereocenters. The minimum absolute atomic E-state index is 0.206. The molecule has 0 aliphatic carbocycles. The van der Waals surface area contributed by atoms with Gasteiger partial charge in [-0.25, -0.2) is 5.43 Å². The van der Waals surface area contributed by atoms with Crippen molar-refractivity contribution in [2.45, 2.75) is 12.6 Å². The van der Waals surface area contributed by atoms with Gasteiger partial charge >= 0.3 is 6.18 Å². The highest BCUT2D eigenvalue weighted by molar-refractivity contribution is 7.20. The van der Waals surface area contributed by atoms with Gasteiger partial charge in [-0.1, -0.05) is 24.3 Å². The number of halogens is 3. The molecule has 1 aromatic carbocycles. The molecule has 134 valence electrons. The van der Waals surface area contributed by atoms with Gasteiger partial charge in [-0.05, 0) is 29.0 Å². The summed E-state index contributed by atoms with van der Waals surface area (Å²) in [5.74, 6) is -1.45. The van der Waals surface area contributed by atoms with Gasteiger partial charge in [-0.3, -0.25) is 9.59 Å². The van der Waals surface area contributed by atoms with E-state index in [1.165, 1.54) is 6.07 Å². The molecule has 1 amide bonds. The normalized spacial score (nSPS) is 12.3. The molecule has 0 aliphatic heterocycles. The molecule has 0 saturated heterocycles. The largest absolute Gasteiger partial charge is 0.431 e. The lowest BCUT2D eigenvalue weighted by atomic mass is 10.1. The summed E-state index contributed by atoms with van der Waals surface area (Å²) in [5.41, 5.74) is 0.566. The summed E-state index contributed by atoms with van der Waals surface area (Å²) in [5, 5.41) is 5.59. The van der Waals surface area contributed by atoms with Crippen molar-refractivity contribution in [2.75, 3.05) is 0 Å². The van der Waals surface area contributed by atoms with Gasteiger partial charge in [0.05, 0.1) is 16.2 Å². The zero-order valence-electron chi connectivity index (χ0n) is 13.0. The standard InChI is InChI=1S/C17H11F3N2O2S2/c18-17(19,20)15(9-11(23)13-6-3-7-25-13)21-22-16(24)14-8-10-4-1-2-5-12(10)26-14/h1-8H,9H2,(H,22,24)/b21-15+. The van der Waals surface area contributed by atoms with Crippen molar-refractivity contribution in [1.29, 1.82) is 0 Å². The number of nitrogens with zero attached hydrogens (tertiary/aromatic N) is 1. The Bertz CT molecular complexity index is 942. The third kappa shape index (κ3) is 4.17. The molecule has 2 heterocycles. The van der Waals surface area contributed by atoms with Crippen molar-refractivity contribution < 1.29 is 22.8 Å². The van der Waals surface area contributed by atoms with Crippen LogP contribution in [0.25, 0.3) is 10.1 Å². The first kappa shape index (κ1) is 18.3. The van der Waals surface area contributed by atoms with E-state index in [0.29, 0.717) is 0 Å². The number of rotatable bonds is 5. The van der Waals surface area contributed by atoms with Crippen molar-refractivity contribution in [3.05, 3.63) is 57.6 Å². The van der Waals surface area contributed by atoms with Gasteiger partial charge < -0.3 is 0 Å². The van der Waals surface area contributed by atoms with Crippen LogP contribution in [0.5, 0.6) is 0 Å². The summed E-state index contributed by atoms with van der Waals surface area (Å²) in [6, 6.07) is 11.8. The van der Waals surface area contributed by atoms with Gasteiger partial charge in [0.15, 0.2) is 5.78 Å². The quantitative estimate of drug-likeness (QED) is 0.379. The SMILES string of the molecule is O=C(C/C(=N\NC(=O)c1cc2ccccc2s1)C(F)(F)F)c1cccs1. The van der Waals surface area contributed by atoms with E-state index < -0.39 is 30.0 Å². The average molecular weight is 396 g/mol. The minimum atomic E-state index is -4.82. The first-order chi connectivity index (χ1) is 12.3. The summed E-state index contributed by atoms with van der Waals surface area (Å²) in [7, 11) is 0. The number of hydrazone groups is 1. The van der Waals surface area contributed by atoms with Gasteiger partial charge in [0.2, 0.25) is 0 Å². The van der Waals surface area contributed by atoms with Gasteiger partial charge in [-0.15, -0.1) is 22.7 Å².